The molecule has 2 bridgehead atoms. The largest absolute Gasteiger partial charge is 0.481 e. The van der Waals surface area contributed by atoms with Gasteiger partial charge in [-0.3, -0.25) is 14.7 Å². The number of aromatic nitrogens is 4. The van der Waals surface area contributed by atoms with Crippen molar-refractivity contribution >= 4 is 11.9 Å². The van der Waals surface area contributed by atoms with Crippen LogP contribution in [0.2, 0.25) is 0 Å². The van der Waals surface area contributed by atoms with Crippen LogP contribution >= 0.6 is 0 Å². The number of piperidine rings is 1. The molecule has 8 heteroatoms. The molecule has 1 unspecified atom stereocenters. The van der Waals surface area contributed by atoms with E-state index in [0.717, 1.165) is 18.5 Å². The Balaban J connectivity index is 1.56. The van der Waals surface area contributed by atoms with Crippen LogP contribution in [0.5, 0.6) is 0 Å². The molecule has 2 aliphatic rings. The minimum absolute atomic E-state index is 0.00575. The topological polar surface area (TPSA) is 112 Å². The molecule has 0 saturated carbocycles. The van der Waals surface area contributed by atoms with Crippen molar-refractivity contribution in [2.45, 2.75) is 44.7 Å². The molecule has 130 valence electrons. The number of nitrogens with zero attached hydrogens (tertiary/aromatic N) is 4. The Kier molecular flexibility index (Phi) is 3.74. The van der Waals surface area contributed by atoms with Crippen molar-refractivity contribution < 1.29 is 14.7 Å². The van der Waals surface area contributed by atoms with Gasteiger partial charge in [0.1, 0.15) is 6.33 Å². The summed E-state index contributed by atoms with van der Waals surface area (Å²) >= 11 is 0. The highest BCUT2D eigenvalue weighted by molar-refractivity contribution is 5.94. The number of aromatic amines is 1. The van der Waals surface area contributed by atoms with Gasteiger partial charge in [0.15, 0.2) is 5.69 Å². The van der Waals surface area contributed by atoms with E-state index in [2.05, 4.69) is 20.2 Å². The Morgan fingerprint density at radius 3 is 2.56 bits per heavy atom. The van der Waals surface area contributed by atoms with E-state index in [1.165, 1.54) is 6.33 Å². The van der Waals surface area contributed by atoms with Crippen LogP contribution < -0.4 is 0 Å². The van der Waals surface area contributed by atoms with Gasteiger partial charge in [-0.2, -0.15) is 5.10 Å². The summed E-state index contributed by atoms with van der Waals surface area (Å²) in [5.41, 5.74) is 2.53. The maximum atomic E-state index is 12.9. The maximum absolute atomic E-state index is 12.9. The molecule has 2 aromatic rings. The highest BCUT2D eigenvalue weighted by Crippen LogP contribution is 2.39. The zero-order valence-corrected chi connectivity index (χ0v) is 13.8. The van der Waals surface area contributed by atoms with Crippen molar-refractivity contribution in [3.63, 3.8) is 0 Å². The molecule has 2 aromatic heterocycles. The fraction of sp³-hybridized carbons (Fsp3) is 0.471. The van der Waals surface area contributed by atoms with Crippen molar-refractivity contribution in [3.05, 3.63) is 29.8 Å². The molecule has 1 amide bonds. The first kappa shape index (κ1) is 15.7. The SMILES string of the molecule is Cc1cc(-c2cc(C(=O)N3C4CC[C@H]3C[C@H](C(=O)O)C4)n[nH]2)ncn1. The Labute approximate surface area is 144 Å². The first-order valence-corrected chi connectivity index (χ1v) is 8.43. The monoisotopic (exact) mass is 341 g/mol. The molecule has 8 nitrogen and oxygen atoms in total. The lowest BCUT2D eigenvalue weighted by Crippen LogP contribution is -2.48. The van der Waals surface area contributed by atoms with Gasteiger partial charge in [0.05, 0.1) is 17.3 Å². The third-order valence-corrected chi connectivity index (χ3v) is 5.19. The van der Waals surface area contributed by atoms with E-state index in [0.29, 0.717) is 29.9 Å². The highest BCUT2D eigenvalue weighted by Gasteiger charge is 2.45. The Bertz CT molecular complexity index is 819. The number of H-pyrrole nitrogens is 1. The number of fused-ring (bicyclic) bond motifs is 2. The molecule has 4 rings (SSSR count). The molecule has 0 aromatic carbocycles. The summed E-state index contributed by atoms with van der Waals surface area (Å²) in [4.78, 5) is 34.3. The molecule has 2 fully saturated rings. The molecular weight excluding hydrogens is 322 g/mol. The average Bonchev–Trinajstić information content (AvgIpc) is 3.17. The number of hydrogen-bond acceptors (Lipinski definition) is 5. The van der Waals surface area contributed by atoms with Gasteiger partial charge in [-0.1, -0.05) is 0 Å². The van der Waals surface area contributed by atoms with Crippen LogP contribution in [0.15, 0.2) is 18.5 Å². The number of hydrogen-bond donors (Lipinski definition) is 2. The molecule has 2 aliphatic heterocycles. The zero-order valence-electron chi connectivity index (χ0n) is 13.8. The summed E-state index contributed by atoms with van der Waals surface area (Å²) < 4.78 is 0. The lowest BCUT2D eigenvalue weighted by atomic mass is 9.90. The van der Waals surface area contributed by atoms with Crippen molar-refractivity contribution in [1.82, 2.24) is 25.1 Å². The second-order valence-electron chi connectivity index (χ2n) is 6.82. The fourth-order valence-electron chi connectivity index (χ4n) is 4.01. The number of rotatable bonds is 3. The van der Waals surface area contributed by atoms with E-state index in [1.54, 1.807) is 6.07 Å². The number of carboxylic acids is 1. The number of aryl methyl sites for hydroxylation is 1. The Hall–Kier alpha value is -2.77. The quantitative estimate of drug-likeness (QED) is 0.878. The minimum Gasteiger partial charge on any atom is -0.481 e. The van der Waals surface area contributed by atoms with Gasteiger partial charge in [0.25, 0.3) is 5.91 Å². The smallest absolute Gasteiger partial charge is 0.306 e. The number of nitrogens with one attached hydrogen (secondary N) is 1. The van der Waals surface area contributed by atoms with E-state index in [9.17, 15) is 14.7 Å². The summed E-state index contributed by atoms with van der Waals surface area (Å²) in [5, 5.41) is 16.3. The number of carbonyl (C=O) groups is 2. The van der Waals surface area contributed by atoms with Crippen LogP contribution in [-0.2, 0) is 4.79 Å². The van der Waals surface area contributed by atoms with Crippen molar-refractivity contribution in [2.24, 2.45) is 5.92 Å². The molecular formula is C17H19N5O3. The number of amides is 1. The molecule has 0 aliphatic carbocycles. The summed E-state index contributed by atoms with van der Waals surface area (Å²) in [5.74, 6) is -1.24. The van der Waals surface area contributed by atoms with Crippen LogP contribution in [-0.4, -0.2) is 54.1 Å². The molecule has 25 heavy (non-hydrogen) atoms. The van der Waals surface area contributed by atoms with Gasteiger partial charge in [-0.05, 0) is 44.7 Å². The highest BCUT2D eigenvalue weighted by atomic mass is 16.4. The molecule has 4 heterocycles. The summed E-state index contributed by atoms with van der Waals surface area (Å²) in [7, 11) is 0. The average molecular weight is 341 g/mol. The lowest BCUT2D eigenvalue weighted by Gasteiger charge is -2.37. The molecule has 0 radical (unpaired) electrons. The molecule has 3 atom stereocenters. The molecule has 0 spiro atoms. The maximum Gasteiger partial charge on any atom is 0.306 e. The Morgan fingerprint density at radius 2 is 1.92 bits per heavy atom. The van der Waals surface area contributed by atoms with Crippen LogP contribution in [0.1, 0.15) is 41.9 Å². The van der Waals surface area contributed by atoms with E-state index >= 15 is 0 Å². The van der Waals surface area contributed by atoms with Crippen LogP contribution in [0, 0.1) is 12.8 Å². The van der Waals surface area contributed by atoms with Crippen LogP contribution in [0.3, 0.4) is 0 Å². The van der Waals surface area contributed by atoms with Crippen molar-refractivity contribution in [3.8, 4) is 11.4 Å². The van der Waals surface area contributed by atoms with Crippen molar-refractivity contribution in [1.29, 1.82) is 0 Å². The van der Waals surface area contributed by atoms with Crippen molar-refractivity contribution in [2.75, 3.05) is 0 Å². The fourth-order valence-corrected chi connectivity index (χ4v) is 4.01. The number of carbonyl (C=O) groups excluding carboxylic acids is 1. The lowest BCUT2D eigenvalue weighted by molar-refractivity contribution is -0.144. The van der Waals surface area contributed by atoms with Gasteiger partial charge in [0.2, 0.25) is 0 Å². The second kappa shape index (κ2) is 5.94. The molecule has 2 saturated heterocycles. The minimum atomic E-state index is -0.759. The first-order chi connectivity index (χ1) is 12.0. The third kappa shape index (κ3) is 2.77. The summed E-state index contributed by atoms with van der Waals surface area (Å²) in [6, 6.07) is 3.51. The number of aliphatic carboxylic acids is 1. The Morgan fingerprint density at radius 1 is 1.20 bits per heavy atom. The van der Waals surface area contributed by atoms with Gasteiger partial charge >= 0.3 is 5.97 Å². The van der Waals surface area contributed by atoms with Gasteiger partial charge in [-0.15, -0.1) is 0 Å². The van der Waals surface area contributed by atoms with Crippen LogP contribution in [0.4, 0.5) is 0 Å². The number of carboxylic acid groups (broad SMARTS) is 1. The van der Waals surface area contributed by atoms with Gasteiger partial charge in [0, 0.05) is 17.8 Å². The van der Waals surface area contributed by atoms with E-state index < -0.39 is 5.97 Å². The second-order valence-corrected chi connectivity index (χ2v) is 6.82. The zero-order chi connectivity index (χ0) is 17.6. The van der Waals surface area contributed by atoms with Crippen LogP contribution in [0.25, 0.3) is 11.4 Å². The summed E-state index contributed by atoms with van der Waals surface area (Å²) in [6.45, 7) is 1.87. The van der Waals surface area contributed by atoms with E-state index in [-0.39, 0.29) is 23.9 Å². The van der Waals surface area contributed by atoms with E-state index in [1.807, 2.05) is 17.9 Å². The third-order valence-electron chi connectivity index (χ3n) is 5.19. The first-order valence-electron chi connectivity index (χ1n) is 8.43. The van der Waals surface area contributed by atoms with Gasteiger partial charge < -0.3 is 10.0 Å². The normalized spacial score (nSPS) is 25.2. The standard InChI is InChI=1S/C17H19N5O3/c1-9-4-13(19-8-18-9)14-7-15(21-20-14)16(23)22-11-2-3-12(22)6-10(5-11)17(24)25/h4,7-8,10-12H,2-3,5-6H2,1H3,(H,20,21)(H,24,25)/t10-,11-,12?/m0/s1. The van der Waals surface area contributed by atoms with E-state index in [4.69, 9.17) is 0 Å². The summed E-state index contributed by atoms with van der Waals surface area (Å²) in [6.07, 6.45) is 4.26. The predicted molar refractivity (Wildman–Crippen MR) is 87.7 cm³/mol. The predicted octanol–water partition coefficient (Wildman–Crippen LogP) is 1.64. The molecule has 2 N–H and O–H groups in total. The van der Waals surface area contributed by atoms with Gasteiger partial charge in [-0.25, -0.2) is 9.97 Å².